The van der Waals surface area contributed by atoms with Crippen molar-refractivity contribution in [1.29, 1.82) is 0 Å². The average Bonchev–Trinajstić information content (AvgIpc) is 2.41. The number of rotatable bonds is 2. The van der Waals surface area contributed by atoms with Crippen molar-refractivity contribution in [3.63, 3.8) is 0 Å². The van der Waals surface area contributed by atoms with Crippen LogP contribution in [-0.2, 0) is 4.74 Å². The summed E-state index contributed by atoms with van der Waals surface area (Å²) in [6.07, 6.45) is 0.443. The molecule has 6 nitrogen and oxygen atoms in total. The molecule has 2 N–H and O–H groups in total. The Hall–Kier alpha value is -2.18. The maximum atomic E-state index is 13.6. The van der Waals surface area contributed by atoms with Crippen LogP contribution >= 0.6 is 0 Å². The third-order valence-corrected chi connectivity index (χ3v) is 2.47. The highest BCUT2D eigenvalue weighted by molar-refractivity contribution is 5.72. The summed E-state index contributed by atoms with van der Waals surface area (Å²) in [6, 6.07) is 2.82. The van der Waals surface area contributed by atoms with E-state index >= 15 is 0 Å². The first-order valence-electron chi connectivity index (χ1n) is 5.98. The van der Waals surface area contributed by atoms with Crippen LogP contribution in [0.15, 0.2) is 23.2 Å². The molecule has 0 saturated heterocycles. The third-order valence-electron chi connectivity index (χ3n) is 2.47. The lowest BCUT2D eigenvalue weighted by Gasteiger charge is -2.19. The second-order valence-corrected chi connectivity index (χ2v) is 3.58. The van der Waals surface area contributed by atoms with Gasteiger partial charge in [-0.05, 0) is 6.07 Å². The van der Waals surface area contributed by atoms with Crippen molar-refractivity contribution in [2.75, 3.05) is 6.61 Å². The second kappa shape index (κ2) is 6.67. The number of hydrogen-bond acceptors (Lipinski definition) is 5. The van der Waals surface area contributed by atoms with Crippen LogP contribution in [0, 0.1) is 15.9 Å². The zero-order chi connectivity index (χ0) is 14.4. The second-order valence-electron chi connectivity index (χ2n) is 3.58. The first-order chi connectivity index (χ1) is 9.08. The van der Waals surface area contributed by atoms with E-state index in [9.17, 15) is 14.5 Å². The number of hydrogen-bond donors (Lipinski definition) is 1. The summed E-state index contributed by atoms with van der Waals surface area (Å²) < 4.78 is 18.5. The molecule has 1 atom stereocenters. The van der Waals surface area contributed by atoms with Gasteiger partial charge in [-0.3, -0.25) is 10.1 Å². The molecule has 0 aromatic heterocycles. The number of nitrogens with two attached hydrogens (primary N) is 1. The zero-order valence-electron chi connectivity index (χ0n) is 10.8. The minimum absolute atomic E-state index is 0.0212. The summed E-state index contributed by atoms with van der Waals surface area (Å²) in [5, 5.41) is 10.6. The van der Waals surface area contributed by atoms with Crippen molar-refractivity contribution in [1.82, 2.24) is 0 Å². The molecule has 0 spiro atoms. The predicted octanol–water partition coefficient (Wildman–Crippen LogP) is 2.54. The lowest BCUT2D eigenvalue weighted by molar-refractivity contribution is -0.385. The molecule has 1 heterocycles. The van der Waals surface area contributed by atoms with E-state index in [0.717, 1.165) is 12.1 Å². The Kier molecular flexibility index (Phi) is 5.23. The van der Waals surface area contributed by atoms with Gasteiger partial charge in [-0.15, -0.1) is 0 Å². The molecule has 1 aliphatic heterocycles. The third kappa shape index (κ3) is 3.64. The quantitative estimate of drug-likeness (QED) is 0.659. The standard InChI is InChI=1S/C10H10FN3O3.C2H6/c11-8-2-1-6(14(15)16)5-7(8)9-3-4-17-10(12)13-9;1-2/h1-2,5,9H,3-4H2,(H2,12,13);1-2H3. The fraction of sp³-hybridized carbons (Fsp3) is 0.417. The molecule has 0 bridgehead atoms. The van der Waals surface area contributed by atoms with Gasteiger partial charge in [-0.25, -0.2) is 9.38 Å². The van der Waals surface area contributed by atoms with E-state index in [1.54, 1.807) is 0 Å². The highest BCUT2D eigenvalue weighted by atomic mass is 19.1. The van der Waals surface area contributed by atoms with Crippen molar-refractivity contribution in [2.24, 2.45) is 10.7 Å². The van der Waals surface area contributed by atoms with Crippen molar-refractivity contribution in [2.45, 2.75) is 26.3 Å². The van der Waals surface area contributed by atoms with Crippen LogP contribution in [-0.4, -0.2) is 17.6 Å². The maximum absolute atomic E-state index is 13.6. The van der Waals surface area contributed by atoms with Crippen LogP contribution in [0.3, 0.4) is 0 Å². The summed E-state index contributed by atoms with van der Waals surface area (Å²) in [4.78, 5) is 14.0. The molecule has 0 radical (unpaired) electrons. The Morgan fingerprint density at radius 1 is 1.53 bits per heavy atom. The minimum atomic E-state index is -0.574. The van der Waals surface area contributed by atoms with Crippen molar-refractivity contribution in [3.8, 4) is 0 Å². The van der Waals surface area contributed by atoms with Gasteiger partial charge in [0.05, 0.1) is 17.6 Å². The maximum Gasteiger partial charge on any atom is 0.282 e. The van der Waals surface area contributed by atoms with Crippen LogP contribution in [0.2, 0.25) is 0 Å². The topological polar surface area (TPSA) is 90.8 Å². The van der Waals surface area contributed by atoms with E-state index < -0.39 is 16.8 Å². The lowest BCUT2D eigenvalue weighted by atomic mass is 10.0. The Morgan fingerprint density at radius 2 is 2.21 bits per heavy atom. The molecule has 104 valence electrons. The number of amidine groups is 1. The Balaban J connectivity index is 0.000000861. The summed E-state index contributed by atoms with van der Waals surface area (Å²) in [5.74, 6) is -0.529. The molecule has 1 aromatic rings. The van der Waals surface area contributed by atoms with E-state index in [1.165, 1.54) is 6.07 Å². The van der Waals surface area contributed by atoms with Crippen LogP contribution < -0.4 is 5.73 Å². The molecular weight excluding hydrogens is 253 g/mol. The smallest absolute Gasteiger partial charge is 0.282 e. The molecule has 0 fully saturated rings. The highest BCUT2D eigenvalue weighted by Gasteiger charge is 2.22. The van der Waals surface area contributed by atoms with E-state index in [2.05, 4.69) is 4.99 Å². The zero-order valence-corrected chi connectivity index (χ0v) is 10.8. The number of halogens is 1. The van der Waals surface area contributed by atoms with Gasteiger partial charge in [0, 0.05) is 24.1 Å². The van der Waals surface area contributed by atoms with Crippen molar-refractivity contribution < 1.29 is 14.1 Å². The summed E-state index contributed by atoms with van der Waals surface area (Å²) in [5.41, 5.74) is 5.39. The van der Waals surface area contributed by atoms with Crippen LogP contribution in [0.25, 0.3) is 0 Å². The van der Waals surface area contributed by atoms with E-state index in [-0.39, 0.29) is 17.3 Å². The molecule has 0 aliphatic carbocycles. The van der Waals surface area contributed by atoms with Gasteiger partial charge in [0.25, 0.3) is 11.7 Å². The van der Waals surface area contributed by atoms with Gasteiger partial charge >= 0.3 is 0 Å². The van der Waals surface area contributed by atoms with Crippen LogP contribution in [0.5, 0.6) is 0 Å². The van der Waals surface area contributed by atoms with E-state index in [0.29, 0.717) is 13.0 Å². The molecule has 1 aromatic carbocycles. The molecule has 7 heteroatoms. The van der Waals surface area contributed by atoms with Gasteiger partial charge in [0.2, 0.25) is 0 Å². The SMILES string of the molecule is CC.NC1=NC(c2cc([N+](=O)[O-])ccc2F)CCO1. The number of benzene rings is 1. The van der Waals surface area contributed by atoms with Crippen LogP contribution in [0.4, 0.5) is 10.1 Å². The number of nitrogens with zero attached hydrogens (tertiary/aromatic N) is 2. The molecule has 19 heavy (non-hydrogen) atoms. The van der Waals surface area contributed by atoms with Gasteiger partial charge in [-0.2, -0.15) is 0 Å². The predicted molar refractivity (Wildman–Crippen MR) is 69.3 cm³/mol. The summed E-state index contributed by atoms with van der Waals surface area (Å²) >= 11 is 0. The number of aliphatic imine (C=N–C) groups is 1. The highest BCUT2D eigenvalue weighted by Crippen LogP contribution is 2.29. The molecule has 0 amide bonds. The Morgan fingerprint density at radius 3 is 2.79 bits per heavy atom. The van der Waals surface area contributed by atoms with Crippen molar-refractivity contribution >= 4 is 11.7 Å². The van der Waals surface area contributed by atoms with Gasteiger partial charge in [0.15, 0.2) is 0 Å². The van der Waals surface area contributed by atoms with Gasteiger partial charge < -0.3 is 10.5 Å². The number of nitro benzene ring substituents is 1. The molecule has 1 aliphatic rings. The summed E-state index contributed by atoms with van der Waals surface area (Å²) in [7, 11) is 0. The Bertz CT molecular complexity index is 491. The molecule has 0 saturated carbocycles. The van der Waals surface area contributed by atoms with E-state index in [1.807, 2.05) is 13.8 Å². The fourth-order valence-electron chi connectivity index (χ4n) is 1.66. The lowest BCUT2D eigenvalue weighted by Crippen LogP contribution is -2.24. The first-order valence-corrected chi connectivity index (χ1v) is 5.98. The Labute approximate surface area is 110 Å². The fourth-order valence-corrected chi connectivity index (χ4v) is 1.66. The van der Waals surface area contributed by atoms with Crippen molar-refractivity contribution in [3.05, 3.63) is 39.7 Å². The monoisotopic (exact) mass is 269 g/mol. The normalized spacial score (nSPS) is 17.6. The number of ether oxygens (including phenoxy) is 1. The van der Waals surface area contributed by atoms with Gasteiger partial charge in [-0.1, -0.05) is 13.8 Å². The average molecular weight is 269 g/mol. The summed E-state index contributed by atoms with van der Waals surface area (Å²) in [6.45, 7) is 4.32. The van der Waals surface area contributed by atoms with Crippen LogP contribution in [0.1, 0.15) is 31.9 Å². The molecule has 2 rings (SSSR count). The van der Waals surface area contributed by atoms with E-state index in [4.69, 9.17) is 10.5 Å². The van der Waals surface area contributed by atoms with Gasteiger partial charge in [0.1, 0.15) is 5.82 Å². The number of non-ortho nitro benzene ring substituents is 1. The minimum Gasteiger partial charge on any atom is -0.465 e. The number of nitro groups is 1. The largest absolute Gasteiger partial charge is 0.465 e. The first kappa shape index (κ1) is 14.9. The molecule has 1 unspecified atom stereocenters. The molecular formula is C12H16FN3O3.